The van der Waals surface area contributed by atoms with E-state index in [9.17, 15) is 4.79 Å². The number of carbonyl (C=O) groups excluding carboxylic acids is 1. The third-order valence-electron chi connectivity index (χ3n) is 2.81. The lowest BCUT2D eigenvalue weighted by Gasteiger charge is -2.31. The van der Waals surface area contributed by atoms with E-state index >= 15 is 0 Å². The summed E-state index contributed by atoms with van der Waals surface area (Å²) in [5, 5.41) is 0. The van der Waals surface area contributed by atoms with Crippen molar-refractivity contribution in [1.82, 2.24) is 4.90 Å². The zero-order valence-electron chi connectivity index (χ0n) is 10.4. The van der Waals surface area contributed by atoms with Crippen molar-refractivity contribution in [3.63, 3.8) is 0 Å². The lowest BCUT2D eigenvalue weighted by Crippen LogP contribution is -2.40. The van der Waals surface area contributed by atoms with Crippen molar-refractivity contribution < 1.29 is 14.3 Å². The molecule has 0 unspecified atom stereocenters. The number of ether oxygens (including phenoxy) is 2. The molecule has 1 saturated heterocycles. The van der Waals surface area contributed by atoms with Crippen molar-refractivity contribution in [2.45, 2.75) is 18.8 Å². The van der Waals surface area contributed by atoms with Gasteiger partial charge in [-0.3, -0.25) is 4.79 Å². The van der Waals surface area contributed by atoms with Crippen LogP contribution >= 0.6 is 15.9 Å². The van der Waals surface area contributed by atoms with Gasteiger partial charge in [0.05, 0.1) is 6.61 Å². The summed E-state index contributed by atoms with van der Waals surface area (Å²) in [6.07, 6.45) is -0.313. The molecule has 1 aliphatic heterocycles. The third-order valence-corrected chi connectivity index (χ3v) is 3.53. The molecule has 4 nitrogen and oxygen atoms in total. The highest BCUT2D eigenvalue weighted by Gasteiger charge is 2.31. The maximum Gasteiger partial charge on any atom is 0.251 e. The van der Waals surface area contributed by atoms with Crippen molar-refractivity contribution in [3.05, 3.63) is 34.3 Å². The van der Waals surface area contributed by atoms with Gasteiger partial charge in [-0.2, -0.15) is 0 Å². The summed E-state index contributed by atoms with van der Waals surface area (Å²) in [7, 11) is 3.46. The summed E-state index contributed by atoms with van der Waals surface area (Å²) < 4.78 is 12.2. The fourth-order valence-electron chi connectivity index (χ4n) is 1.84. The maximum atomic E-state index is 11.9. The lowest BCUT2D eigenvalue weighted by atomic mass is 10.1. The molecule has 2 atom stereocenters. The van der Waals surface area contributed by atoms with E-state index in [1.807, 2.05) is 24.3 Å². The third kappa shape index (κ3) is 2.91. The maximum absolute atomic E-state index is 11.9. The molecule has 1 amide bonds. The average molecular weight is 314 g/mol. The predicted octanol–water partition coefficient (Wildman–Crippen LogP) is 2.34. The fourth-order valence-corrected chi connectivity index (χ4v) is 2.31. The van der Waals surface area contributed by atoms with Crippen LogP contribution in [-0.2, 0) is 14.3 Å². The molecule has 0 radical (unpaired) electrons. The largest absolute Gasteiger partial charge is 0.348 e. The standard InChI is InChI=1S/C13H16BrNO3/c1-15(2)12(16)11-7-8-17-13(18-11)9-5-3-4-6-10(9)14/h3-6,11,13H,7-8H2,1-2H3/t11-,13-/m0/s1. The molecule has 2 rings (SSSR count). The van der Waals surface area contributed by atoms with Crippen molar-refractivity contribution in [2.24, 2.45) is 0 Å². The van der Waals surface area contributed by atoms with Gasteiger partial charge in [0, 0.05) is 30.6 Å². The molecule has 1 heterocycles. The van der Waals surface area contributed by atoms with Crippen LogP contribution in [0.4, 0.5) is 0 Å². The molecule has 0 bridgehead atoms. The van der Waals surface area contributed by atoms with Crippen LogP contribution in [0.15, 0.2) is 28.7 Å². The van der Waals surface area contributed by atoms with Gasteiger partial charge in [-0.1, -0.05) is 34.1 Å². The Labute approximate surface area is 115 Å². The Balaban J connectivity index is 2.12. The molecule has 1 aromatic rings. The molecule has 0 saturated carbocycles. The van der Waals surface area contributed by atoms with Crippen LogP contribution in [0, 0.1) is 0 Å². The number of nitrogens with zero attached hydrogens (tertiary/aromatic N) is 1. The smallest absolute Gasteiger partial charge is 0.251 e. The van der Waals surface area contributed by atoms with Crippen LogP contribution in [-0.4, -0.2) is 37.6 Å². The van der Waals surface area contributed by atoms with Crippen LogP contribution in [0.1, 0.15) is 18.3 Å². The minimum absolute atomic E-state index is 0.0182. The molecule has 18 heavy (non-hydrogen) atoms. The number of likely N-dealkylation sites (N-methyl/N-ethyl adjacent to an activating group) is 1. The molecular weight excluding hydrogens is 298 g/mol. The topological polar surface area (TPSA) is 38.8 Å². The van der Waals surface area contributed by atoms with E-state index in [1.165, 1.54) is 0 Å². The predicted molar refractivity (Wildman–Crippen MR) is 71.0 cm³/mol. The summed E-state index contributed by atoms with van der Waals surface area (Å²) in [5.74, 6) is -0.0182. The lowest BCUT2D eigenvalue weighted by molar-refractivity contribution is -0.220. The summed E-state index contributed by atoms with van der Waals surface area (Å²) in [6.45, 7) is 0.524. The van der Waals surface area contributed by atoms with Crippen molar-refractivity contribution in [2.75, 3.05) is 20.7 Å². The molecule has 1 fully saturated rings. The van der Waals surface area contributed by atoms with Crippen molar-refractivity contribution in [3.8, 4) is 0 Å². The van der Waals surface area contributed by atoms with E-state index in [2.05, 4.69) is 15.9 Å². The van der Waals surface area contributed by atoms with Gasteiger partial charge in [-0.15, -0.1) is 0 Å². The summed E-state index contributed by atoms with van der Waals surface area (Å²) in [4.78, 5) is 13.4. The highest BCUT2D eigenvalue weighted by molar-refractivity contribution is 9.10. The SMILES string of the molecule is CN(C)C(=O)[C@@H]1CCO[C@H](c2ccccc2Br)O1. The van der Waals surface area contributed by atoms with Crippen LogP contribution in [0.2, 0.25) is 0 Å². The first-order valence-electron chi connectivity index (χ1n) is 5.82. The molecule has 0 spiro atoms. The number of carbonyl (C=O) groups is 1. The van der Waals surface area contributed by atoms with Gasteiger partial charge in [-0.05, 0) is 6.07 Å². The van der Waals surface area contributed by atoms with Gasteiger partial charge >= 0.3 is 0 Å². The molecule has 0 aromatic heterocycles. The first-order valence-corrected chi connectivity index (χ1v) is 6.61. The molecule has 98 valence electrons. The van der Waals surface area contributed by atoms with Crippen LogP contribution in [0.5, 0.6) is 0 Å². The van der Waals surface area contributed by atoms with E-state index in [0.717, 1.165) is 10.0 Å². The number of hydrogen-bond donors (Lipinski definition) is 0. The minimum atomic E-state index is -0.483. The van der Waals surface area contributed by atoms with Gasteiger partial charge < -0.3 is 14.4 Å². The van der Waals surface area contributed by atoms with Crippen molar-refractivity contribution >= 4 is 21.8 Å². The first-order chi connectivity index (χ1) is 8.59. The summed E-state index contributed by atoms with van der Waals surface area (Å²) in [6, 6.07) is 7.71. The quantitative estimate of drug-likeness (QED) is 0.841. The van der Waals surface area contributed by atoms with E-state index in [0.29, 0.717) is 13.0 Å². The van der Waals surface area contributed by atoms with Gasteiger partial charge in [-0.25, -0.2) is 0 Å². The second-order valence-electron chi connectivity index (χ2n) is 4.37. The Kier molecular flexibility index (Phi) is 4.37. The highest BCUT2D eigenvalue weighted by Crippen LogP contribution is 2.31. The first kappa shape index (κ1) is 13.5. The zero-order valence-corrected chi connectivity index (χ0v) is 12.0. The average Bonchev–Trinajstić information content (AvgIpc) is 2.38. The summed E-state index contributed by atoms with van der Waals surface area (Å²) >= 11 is 3.46. The van der Waals surface area contributed by atoms with E-state index in [4.69, 9.17) is 9.47 Å². The van der Waals surface area contributed by atoms with Crippen LogP contribution in [0.25, 0.3) is 0 Å². The van der Waals surface area contributed by atoms with Crippen LogP contribution in [0.3, 0.4) is 0 Å². The molecule has 0 aliphatic carbocycles. The van der Waals surface area contributed by atoms with Gasteiger partial charge in [0.1, 0.15) is 6.10 Å². The Bertz CT molecular complexity index is 436. The molecule has 1 aliphatic rings. The summed E-state index contributed by atoms with van der Waals surface area (Å²) in [5.41, 5.74) is 0.911. The minimum Gasteiger partial charge on any atom is -0.348 e. The Morgan fingerprint density at radius 3 is 2.78 bits per heavy atom. The number of amides is 1. The Hall–Kier alpha value is -0.910. The second kappa shape index (κ2) is 5.82. The van der Waals surface area contributed by atoms with Gasteiger partial charge in [0.25, 0.3) is 5.91 Å². The normalized spacial score (nSPS) is 23.7. The van der Waals surface area contributed by atoms with Gasteiger partial charge in [0.2, 0.25) is 0 Å². The monoisotopic (exact) mass is 313 g/mol. The molecule has 1 aromatic carbocycles. The molecule has 0 N–H and O–H groups in total. The Morgan fingerprint density at radius 1 is 1.39 bits per heavy atom. The molecular formula is C13H16BrNO3. The van der Waals surface area contributed by atoms with Crippen LogP contribution < -0.4 is 0 Å². The highest BCUT2D eigenvalue weighted by atomic mass is 79.9. The fraction of sp³-hybridized carbons (Fsp3) is 0.462. The molecule has 5 heteroatoms. The second-order valence-corrected chi connectivity index (χ2v) is 5.22. The number of halogens is 1. The number of benzene rings is 1. The van der Waals surface area contributed by atoms with Gasteiger partial charge in [0.15, 0.2) is 6.29 Å². The van der Waals surface area contributed by atoms with E-state index in [1.54, 1.807) is 19.0 Å². The van der Waals surface area contributed by atoms with E-state index in [-0.39, 0.29) is 5.91 Å². The zero-order chi connectivity index (χ0) is 13.1. The number of rotatable bonds is 2. The Morgan fingerprint density at radius 2 is 2.11 bits per heavy atom. The van der Waals surface area contributed by atoms with E-state index < -0.39 is 12.4 Å². The number of hydrogen-bond acceptors (Lipinski definition) is 3. The van der Waals surface area contributed by atoms with Crippen molar-refractivity contribution in [1.29, 1.82) is 0 Å².